The van der Waals surface area contributed by atoms with Crippen molar-refractivity contribution in [3.63, 3.8) is 0 Å². The van der Waals surface area contributed by atoms with Crippen molar-refractivity contribution in [2.75, 3.05) is 13.1 Å². The Hall–Kier alpha value is -1.26. The lowest BCUT2D eigenvalue weighted by Gasteiger charge is -2.28. The summed E-state index contributed by atoms with van der Waals surface area (Å²) in [6.45, 7) is 4.66. The zero-order chi connectivity index (χ0) is 13.5. The Labute approximate surface area is 108 Å². The zero-order valence-electron chi connectivity index (χ0n) is 11.2. The van der Waals surface area contributed by atoms with Crippen molar-refractivity contribution in [1.29, 1.82) is 0 Å². The Bertz CT molecular complexity index is 294. The molecule has 0 aromatic rings. The smallest absolute Gasteiger partial charge is 0.314 e. The number of hydrogen-bond acceptors (Lipinski definition) is 2. The van der Waals surface area contributed by atoms with E-state index in [0.717, 1.165) is 0 Å². The minimum Gasteiger partial charge on any atom is -0.481 e. The summed E-state index contributed by atoms with van der Waals surface area (Å²) in [4.78, 5) is 22.1. The highest BCUT2D eigenvalue weighted by Gasteiger charge is 2.21. The normalized spacial score (nSPS) is 25.2. The molecule has 18 heavy (non-hydrogen) atoms. The first kappa shape index (κ1) is 14.8. The molecule has 3 unspecified atom stereocenters. The summed E-state index contributed by atoms with van der Waals surface area (Å²) in [5.41, 5.74) is 0. The van der Waals surface area contributed by atoms with Crippen molar-refractivity contribution in [1.82, 2.24) is 10.6 Å². The van der Waals surface area contributed by atoms with Crippen LogP contribution in [0.4, 0.5) is 4.79 Å². The molecule has 3 N–H and O–H groups in total. The molecule has 1 rings (SSSR count). The average molecular weight is 256 g/mol. The highest BCUT2D eigenvalue weighted by Crippen LogP contribution is 2.28. The number of urea groups is 1. The summed E-state index contributed by atoms with van der Waals surface area (Å²) in [7, 11) is 0. The minimum atomic E-state index is -0.892. The molecule has 1 aliphatic carbocycles. The molecule has 0 aromatic heterocycles. The van der Waals surface area contributed by atoms with Crippen LogP contribution in [0.5, 0.6) is 0 Å². The van der Waals surface area contributed by atoms with E-state index < -0.39 is 11.9 Å². The molecule has 3 atom stereocenters. The van der Waals surface area contributed by atoms with E-state index in [0.29, 0.717) is 18.4 Å². The van der Waals surface area contributed by atoms with Crippen LogP contribution in [0.2, 0.25) is 0 Å². The molecule has 104 valence electrons. The van der Waals surface area contributed by atoms with Gasteiger partial charge in [-0.1, -0.05) is 33.1 Å². The molecule has 0 radical (unpaired) electrons. The average Bonchev–Trinajstić information content (AvgIpc) is 2.34. The third-order valence-corrected chi connectivity index (χ3v) is 3.80. The third kappa shape index (κ3) is 4.94. The summed E-state index contributed by atoms with van der Waals surface area (Å²) in [5.74, 6) is -0.223. The van der Waals surface area contributed by atoms with Crippen LogP contribution < -0.4 is 10.6 Å². The number of hydrogen-bond donors (Lipinski definition) is 3. The maximum absolute atomic E-state index is 11.5. The van der Waals surface area contributed by atoms with Crippen LogP contribution in [0.15, 0.2) is 0 Å². The molecule has 0 aromatic carbocycles. The van der Waals surface area contributed by atoms with Crippen molar-refractivity contribution in [3.05, 3.63) is 0 Å². The zero-order valence-corrected chi connectivity index (χ0v) is 11.2. The Kier molecular flexibility index (Phi) is 5.95. The van der Waals surface area contributed by atoms with E-state index in [2.05, 4.69) is 17.6 Å². The first-order chi connectivity index (χ1) is 8.50. The second-order valence-electron chi connectivity index (χ2n) is 5.35. The molecule has 0 aliphatic heterocycles. The molecule has 0 saturated heterocycles. The number of rotatable bonds is 5. The van der Waals surface area contributed by atoms with Gasteiger partial charge in [0.15, 0.2) is 0 Å². The molecule has 1 saturated carbocycles. The Morgan fingerprint density at radius 1 is 1.28 bits per heavy atom. The molecule has 1 fully saturated rings. The number of carbonyl (C=O) groups is 2. The quantitative estimate of drug-likeness (QED) is 0.702. The van der Waals surface area contributed by atoms with Crippen LogP contribution in [0.25, 0.3) is 0 Å². The molecule has 0 bridgehead atoms. The van der Waals surface area contributed by atoms with E-state index in [9.17, 15) is 9.59 Å². The molecule has 5 nitrogen and oxygen atoms in total. The molecule has 5 heteroatoms. The summed E-state index contributed by atoms with van der Waals surface area (Å²) < 4.78 is 0. The first-order valence-corrected chi connectivity index (χ1v) is 6.75. The number of carbonyl (C=O) groups excluding carboxylic acids is 1. The minimum absolute atomic E-state index is 0.168. The first-order valence-electron chi connectivity index (χ1n) is 6.75. The highest BCUT2D eigenvalue weighted by molar-refractivity contribution is 5.75. The van der Waals surface area contributed by atoms with E-state index in [1.807, 2.05) is 0 Å². The van der Waals surface area contributed by atoms with Gasteiger partial charge in [-0.3, -0.25) is 4.79 Å². The van der Waals surface area contributed by atoms with Gasteiger partial charge in [0.25, 0.3) is 0 Å². The van der Waals surface area contributed by atoms with Crippen molar-refractivity contribution >= 4 is 12.0 Å². The van der Waals surface area contributed by atoms with E-state index >= 15 is 0 Å². The molecular weight excluding hydrogens is 232 g/mol. The predicted octanol–water partition coefficient (Wildman–Crippen LogP) is 1.83. The van der Waals surface area contributed by atoms with E-state index in [1.165, 1.54) is 25.7 Å². The van der Waals surface area contributed by atoms with Gasteiger partial charge >= 0.3 is 12.0 Å². The van der Waals surface area contributed by atoms with E-state index in [4.69, 9.17) is 5.11 Å². The van der Waals surface area contributed by atoms with Gasteiger partial charge in [0.05, 0.1) is 5.92 Å². The number of aliphatic carboxylic acids is 1. The second kappa shape index (κ2) is 7.24. The molecule has 0 heterocycles. The second-order valence-corrected chi connectivity index (χ2v) is 5.35. The van der Waals surface area contributed by atoms with Crippen molar-refractivity contribution in [2.24, 2.45) is 17.8 Å². The summed E-state index contributed by atoms with van der Waals surface area (Å²) >= 11 is 0. The Morgan fingerprint density at radius 2 is 1.94 bits per heavy atom. The van der Waals surface area contributed by atoms with Gasteiger partial charge in [0.2, 0.25) is 0 Å². The van der Waals surface area contributed by atoms with Gasteiger partial charge in [0, 0.05) is 13.1 Å². The van der Waals surface area contributed by atoms with Crippen molar-refractivity contribution in [2.45, 2.75) is 39.5 Å². The maximum Gasteiger partial charge on any atom is 0.314 e. The van der Waals surface area contributed by atoms with Gasteiger partial charge in [0.1, 0.15) is 0 Å². The topological polar surface area (TPSA) is 78.4 Å². The lowest BCUT2D eigenvalue weighted by atomic mass is 9.80. The van der Waals surface area contributed by atoms with Crippen LogP contribution in [-0.2, 0) is 4.79 Å². The van der Waals surface area contributed by atoms with Gasteiger partial charge in [-0.2, -0.15) is 0 Å². The summed E-state index contributed by atoms with van der Waals surface area (Å²) in [6.07, 6.45) is 4.95. The van der Waals surface area contributed by atoms with Crippen molar-refractivity contribution < 1.29 is 14.7 Å². The Morgan fingerprint density at radius 3 is 2.56 bits per heavy atom. The van der Waals surface area contributed by atoms with E-state index in [-0.39, 0.29) is 12.6 Å². The lowest BCUT2D eigenvalue weighted by Crippen LogP contribution is -2.42. The number of carboxylic acids is 1. The highest BCUT2D eigenvalue weighted by atomic mass is 16.4. The fourth-order valence-corrected chi connectivity index (χ4v) is 2.32. The predicted molar refractivity (Wildman–Crippen MR) is 69.3 cm³/mol. The fraction of sp³-hybridized carbons (Fsp3) is 0.846. The van der Waals surface area contributed by atoms with Crippen LogP contribution in [0.3, 0.4) is 0 Å². The van der Waals surface area contributed by atoms with Gasteiger partial charge < -0.3 is 15.7 Å². The summed E-state index contributed by atoms with van der Waals surface area (Å²) in [5, 5.41) is 14.1. The molecule has 1 aliphatic rings. The van der Waals surface area contributed by atoms with E-state index in [1.54, 1.807) is 6.92 Å². The van der Waals surface area contributed by atoms with Gasteiger partial charge in [-0.25, -0.2) is 4.79 Å². The van der Waals surface area contributed by atoms with Crippen LogP contribution in [0, 0.1) is 17.8 Å². The largest absolute Gasteiger partial charge is 0.481 e. The molecule has 2 amide bonds. The van der Waals surface area contributed by atoms with Gasteiger partial charge in [-0.05, 0) is 18.3 Å². The fourth-order valence-electron chi connectivity index (χ4n) is 2.32. The number of nitrogens with one attached hydrogen (secondary N) is 2. The standard InChI is InChI=1S/C13H24N2O3/c1-9-5-3-4-6-11(9)8-15-13(18)14-7-10(2)12(16)17/h9-11H,3-8H2,1-2H3,(H,16,17)(H2,14,15,18). The number of carboxylic acid groups (broad SMARTS) is 1. The van der Waals surface area contributed by atoms with Crippen LogP contribution in [-0.4, -0.2) is 30.2 Å². The monoisotopic (exact) mass is 256 g/mol. The molecular formula is C13H24N2O3. The summed E-state index contributed by atoms with van der Waals surface area (Å²) in [6, 6.07) is -0.263. The van der Waals surface area contributed by atoms with Crippen LogP contribution >= 0.6 is 0 Å². The van der Waals surface area contributed by atoms with Gasteiger partial charge in [-0.15, -0.1) is 0 Å². The number of amides is 2. The molecule has 0 spiro atoms. The van der Waals surface area contributed by atoms with Crippen molar-refractivity contribution in [3.8, 4) is 0 Å². The lowest BCUT2D eigenvalue weighted by molar-refractivity contribution is -0.140. The maximum atomic E-state index is 11.5. The SMILES string of the molecule is CC(CNC(=O)NCC1CCCCC1C)C(=O)O. The van der Waals surface area contributed by atoms with Crippen LogP contribution in [0.1, 0.15) is 39.5 Å². The Balaban J connectivity index is 2.18. The third-order valence-electron chi connectivity index (χ3n) is 3.80.